The predicted molar refractivity (Wildman–Crippen MR) is 66.1 cm³/mol. The van der Waals surface area contributed by atoms with Gasteiger partial charge in [0, 0.05) is 17.0 Å². The quantitative estimate of drug-likeness (QED) is 0.704. The summed E-state index contributed by atoms with van der Waals surface area (Å²) in [6.45, 7) is 3.73. The summed E-state index contributed by atoms with van der Waals surface area (Å²) in [5, 5.41) is 0. The molecule has 0 N–H and O–H groups in total. The standard InChI is InChI=1S/C13H17NS/c1-2-4-12(5-3-1)10-14-8-6-13(7-9-14)11-15-13/h1-5H,6-11H2. The van der Waals surface area contributed by atoms with Gasteiger partial charge in [-0.1, -0.05) is 30.3 Å². The smallest absolute Gasteiger partial charge is 0.0275 e. The molecule has 15 heavy (non-hydrogen) atoms. The van der Waals surface area contributed by atoms with E-state index < -0.39 is 0 Å². The number of hydrogen-bond acceptors (Lipinski definition) is 2. The summed E-state index contributed by atoms with van der Waals surface area (Å²) in [5.74, 6) is 1.42. The van der Waals surface area contributed by atoms with Gasteiger partial charge in [0.05, 0.1) is 0 Å². The zero-order chi connectivity index (χ0) is 10.1. The van der Waals surface area contributed by atoms with E-state index in [1.165, 1.54) is 37.2 Å². The zero-order valence-electron chi connectivity index (χ0n) is 8.98. The summed E-state index contributed by atoms with van der Waals surface area (Å²) in [7, 11) is 0. The van der Waals surface area contributed by atoms with E-state index in [1.807, 2.05) is 0 Å². The third-order valence-corrected chi connectivity index (χ3v) is 5.08. The Morgan fingerprint density at radius 3 is 2.40 bits per heavy atom. The van der Waals surface area contributed by atoms with Crippen LogP contribution in [0.2, 0.25) is 0 Å². The Bertz CT molecular complexity index is 322. The van der Waals surface area contributed by atoms with Gasteiger partial charge in [0.2, 0.25) is 0 Å². The van der Waals surface area contributed by atoms with Gasteiger partial charge in [-0.05, 0) is 31.5 Å². The highest BCUT2D eigenvalue weighted by atomic mass is 32.2. The van der Waals surface area contributed by atoms with Gasteiger partial charge in [-0.2, -0.15) is 11.8 Å². The number of likely N-dealkylation sites (tertiary alicyclic amines) is 1. The maximum atomic E-state index is 2.60. The third kappa shape index (κ3) is 2.21. The minimum absolute atomic E-state index is 0.729. The van der Waals surface area contributed by atoms with Crippen molar-refractivity contribution in [3.8, 4) is 0 Å². The van der Waals surface area contributed by atoms with Crippen molar-refractivity contribution in [1.82, 2.24) is 4.90 Å². The maximum Gasteiger partial charge on any atom is 0.0275 e. The molecule has 2 aliphatic rings. The lowest BCUT2D eigenvalue weighted by Crippen LogP contribution is -2.36. The SMILES string of the molecule is c1ccc(CN2CCC3(CC2)CS3)cc1. The van der Waals surface area contributed by atoms with Crippen LogP contribution in [0.1, 0.15) is 18.4 Å². The minimum Gasteiger partial charge on any atom is -0.299 e. The third-order valence-electron chi connectivity index (χ3n) is 3.57. The summed E-state index contributed by atoms with van der Waals surface area (Å²) >= 11 is 2.17. The summed E-state index contributed by atoms with van der Waals surface area (Å²) in [6, 6.07) is 10.8. The Kier molecular flexibility index (Phi) is 2.49. The molecule has 2 heteroatoms. The number of benzene rings is 1. The normalized spacial score (nSPS) is 24.3. The van der Waals surface area contributed by atoms with E-state index in [9.17, 15) is 0 Å². The van der Waals surface area contributed by atoms with Crippen molar-refractivity contribution in [2.24, 2.45) is 0 Å². The van der Waals surface area contributed by atoms with Gasteiger partial charge in [-0.3, -0.25) is 4.90 Å². The molecule has 1 aromatic rings. The number of hydrogen-bond donors (Lipinski definition) is 0. The van der Waals surface area contributed by atoms with Crippen molar-refractivity contribution < 1.29 is 0 Å². The largest absolute Gasteiger partial charge is 0.299 e. The highest BCUT2D eigenvalue weighted by Crippen LogP contribution is 2.51. The van der Waals surface area contributed by atoms with Gasteiger partial charge in [0.1, 0.15) is 0 Å². The Hall–Kier alpha value is -0.470. The molecule has 1 spiro atoms. The Morgan fingerprint density at radius 1 is 1.13 bits per heavy atom. The van der Waals surface area contributed by atoms with E-state index >= 15 is 0 Å². The van der Waals surface area contributed by atoms with E-state index in [1.54, 1.807) is 0 Å². The molecule has 0 saturated carbocycles. The lowest BCUT2D eigenvalue weighted by Gasteiger charge is -2.31. The van der Waals surface area contributed by atoms with E-state index in [-0.39, 0.29) is 0 Å². The molecule has 0 aromatic heterocycles. The van der Waals surface area contributed by atoms with Crippen molar-refractivity contribution >= 4 is 11.8 Å². The first-order chi connectivity index (χ1) is 7.36. The molecule has 0 aliphatic carbocycles. The molecular formula is C13H17NS. The molecule has 1 nitrogen and oxygen atoms in total. The van der Waals surface area contributed by atoms with Crippen LogP contribution < -0.4 is 0 Å². The average molecular weight is 219 g/mol. The van der Waals surface area contributed by atoms with Crippen LogP contribution >= 0.6 is 11.8 Å². The number of piperidine rings is 1. The second-order valence-electron chi connectivity index (χ2n) is 4.73. The summed E-state index contributed by atoms with van der Waals surface area (Å²) in [6.07, 6.45) is 2.81. The molecular weight excluding hydrogens is 202 g/mol. The fourth-order valence-electron chi connectivity index (χ4n) is 2.35. The van der Waals surface area contributed by atoms with Crippen LogP contribution in [-0.4, -0.2) is 28.5 Å². The number of rotatable bonds is 2. The second-order valence-corrected chi connectivity index (χ2v) is 6.18. The summed E-state index contributed by atoms with van der Waals surface area (Å²) in [4.78, 5) is 2.60. The van der Waals surface area contributed by atoms with E-state index in [0.29, 0.717) is 0 Å². The van der Waals surface area contributed by atoms with Gasteiger partial charge >= 0.3 is 0 Å². The molecule has 0 atom stereocenters. The first-order valence-corrected chi connectivity index (χ1v) is 6.75. The monoisotopic (exact) mass is 219 g/mol. The zero-order valence-corrected chi connectivity index (χ0v) is 9.80. The van der Waals surface area contributed by atoms with Crippen molar-refractivity contribution in [1.29, 1.82) is 0 Å². The van der Waals surface area contributed by atoms with Crippen molar-refractivity contribution in [2.75, 3.05) is 18.8 Å². The predicted octanol–water partition coefficient (Wildman–Crippen LogP) is 2.77. The number of nitrogens with zero attached hydrogens (tertiary/aromatic N) is 1. The van der Waals surface area contributed by atoms with Crippen LogP contribution in [0.25, 0.3) is 0 Å². The van der Waals surface area contributed by atoms with Gasteiger partial charge in [-0.15, -0.1) is 0 Å². The van der Waals surface area contributed by atoms with Crippen molar-refractivity contribution in [3.05, 3.63) is 35.9 Å². The fraction of sp³-hybridized carbons (Fsp3) is 0.538. The van der Waals surface area contributed by atoms with E-state index in [4.69, 9.17) is 0 Å². The Labute approximate surface area is 95.9 Å². The van der Waals surface area contributed by atoms with Crippen LogP contribution in [0.5, 0.6) is 0 Å². The average Bonchev–Trinajstić information content (AvgIpc) is 3.04. The minimum atomic E-state index is 0.729. The molecule has 0 bridgehead atoms. The highest BCUT2D eigenvalue weighted by Gasteiger charge is 2.45. The molecule has 0 radical (unpaired) electrons. The fourth-order valence-corrected chi connectivity index (χ4v) is 3.32. The first-order valence-electron chi connectivity index (χ1n) is 5.77. The molecule has 1 aromatic carbocycles. The van der Waals surface area contributed by atoms with Crippen LogP contribution in [-0.2, 0) is 6.54 Å². The van der Waals surface area contributed by atoms with Gasteiger partial charge in [-0.25, -0.2) is 0 Å². The molecule has 2 aliphatic heterocycles. The molecule has 0 unspecified atom stereocenters. The maximum absolute atomic E-state index is 2.60. The summed E-state index contributed by atoms with van der Waals surface area (Å²) in [5.41, 5.74) is 1.46. The molecule has 0 amide bonds. The number of thioether (sulfide) groups is 1. The molecule has 2 saturated heterocycles. The second kappa shape index (κ2) is 3.84. The van der Waals surface area contributed by atoms with Crippen LogP contribution in [0.4, 0.5) is 0 Å². The van der Waals surface area contributed by atoms with Gasteiger partial charge in [0.15, 0.2) is 0 Å². The van der Waals surface area contributed by atoms with Crippen molar-refractivity contribution in [3.63, 3.8) is 0 Å². The topological polar surface area (TPSA) is 3.24 Å². The van der Waals surface area contributed by atoms with Crippen molar-refractivity contribution in [2.45, 2.75) is 24.1 Å². The Balaban J connectivity index is 1.56. The first kappa shape index (κ1) is 9.73. The van der Waals surface area contributed by atoms with Crippen LogP contribution in [0.15, 0.2) is 30.3 Å². The van der Waals surface area contributed by atoms with Crippen LogP contribution in [0, 0.1) is 0 Å². The molecule has 80 valence electrons. The molecule has 3 rings (SSSR count). The molecule has 2 fully saturated rings. The molecule has 2 heterocycles. The Morgan fingerprint density at radius 2 is 1.80 bits per heavy atom. The van der Waals surface area contributed by atoms with E-state index in [2.05, 4.69) is 47.0 Å². The lowest BCUT2D eigenvalue weighted by molar-refractivity contribution is 0.208. The van der Waals surface area contributed by atoms with Gasteiger partial charge in [0.25, 0.3) is 0 Å². The lowest BCUT2D eigenvalue weighted by atomic mass is 9.98. The van der Waals surface area contributed by atoms with Gasteiger partial charge < -0.3 is 0 Å². The van der Waals surface area contributed by atoms with E-state index in [0.717, 1.165) is 11.3 Å². The highest BCUT2D eigenvalue weighted by molar-refractivity contribution is 8.07. The van der Waals surface area contributed by atoms with Crippen LogP contribution in [0.3, 0.4) is 0 Å². The summed E-state index contributed by atoms with van der Waals surface area (Å²) < 4.78 is 0.729.